The van der Waals surface area contributed by atoms with E-state index in [4.69, 9.17) is 18.7 Å². The molecule has 0 unspecified atom stereocenters. The van der Waals surface area contributed by atoms with Crippen LogP contribution in [-0.2, 0) is 11.3 Å². The zero-order valence-electron chi connectivity index (χ0n) is 18.7. The molecule has 3 aromatic rings. The van der Waals surface area contributed by atoms with Crippen molar-refractivity contribution >= 4 is 28.5 Å². The summed E-state index contributed by atoms with van der Waals surface area (Å²) in [4.78, 5) is 19.1. The molecule has 0 aliphatic rings. The van der Waals surface area contributed by atoms with Crippen molar-refractivity contribution in [1.82, 2.24) is 15.0 Å². The van der Waals surface area contributed by atoms with Gasteiger partial charge in [0.15, 0.2) is 18.1 Å². The Morgan fingerprint density at radius 1 is 1.06 bits per heavy atom. The van der Waals surface area contributed by atoms with E-state index >= 15 is 0 Å². The zero-order valence-corrected chi connectivity index (χ0v) is 20.9. The number of benzene rings is 2. The second-order valence-electron chi connectivity index (χ2n) is 7.97. The van der Waals surface area contributed by atoms with Gasteiger partial charge in [-0.3, -0.25) is 4.79 Å². The Morgan fingerprint density at radius 2 is 1.75 bits per heavy atom. The summed E-state index contributed by atoms with van der Waals surface area (Å²) in [7, 11) is 3.14. The normalized spacial score (nSPS) is 11.2. The molecular formula is C23H26IN3O5. The number of ether oxygens (including phenoxy) is 3. The van der Waals surface area contributed by atoms with Crippen LogP contribution in [0.15, 0.2) is 47.0 Å². The van der Waals surface area contributed by atoms with Crippen molar-refractivity contribution in [2.75, 3.05) is 20.8 Å². The van der Waals surface area contributed by atoms with Crippen LogP contribution in [0.2, 0.25) is 0 Å². The molecule has 9 heteroatoms. The van der Waals surface area contributed by atoms with Crippen LogP contribution in [0.5, 0.6) is 17.2 Å². The highest BCUT2D eigenvalue weighted by atomic mass is 127. The minimum atomic E-state index is -0.468. The lowest BCUT2D eigenvalue weighted by Gasteiger charge is -2.34. The highest BCUT2D eigenvalue weighted by molar-refractivity contribution is 14.1. The van der Waals surface area contributed by atoms with E-state index < -0.39 is 5.54 Å². The minimum Gasteiger partial charge on any atom is -0.493 e. The van der Waals surface area contributed by atoms with Gasteiger partial charge in [0, 0.05) is 14.7 Å². The van der Waals surface area contributed by atoms with Crippen LogP contribution >= 0.6 is 22.6 Å². The molecule has 1 aromatic heterocycles. The van der Waals surface area contributed by atoms with E-state index in [0.29, 0.717) is 34.5 Å². The highest BCUT2D eigenvalue weighted by Crippen LogP contribution is 2.31. The summed E-state index contributed by atoms with van der Waals surface area (Å²) in [5, 5.41) is 4.06. The molecule has 2 aromatic carbocycles. The van der Waals surface area contributed by atoms with E-state index in [1.165, 1.54) is 0 Å². The molecule has 0 saturated heterocycles. The minimum absolute atomic E-state index is 0.0888. The van der Waals surface area contributed by atoms with E-state index in [9.17, 15) is 4.79 Å². The summed E-state index contributed by atoms with van der Waals surface area (Å²) in [6.07, 6.45) is 0. The van der Waals surface area contributed by atoms with Crippen molar-refractivity contribution in [2.45, 2.75) is 32.9 Å². The summed E-state index contributed by atoms with van der Waals surface area (Å²) in [5.74, 6) is 2.36. The Kier molecular flexibility index (Phi) is 7.60. The Hall–Kier alpha value is -2.82. The first-order valence-corrected chi connectivity index (χ1v) is 11.0. The molecule has 0 bridgehead atoms. The van der Waals surface area contributed by atoms with Gasteiger partial charge in [-0.05, 0) is 85.8 Å². The summed E-state index contributed by atoms with van der Waals surface area (Å²) in [5.41, 5.74) is 0.248. The quantitative estimate of drug-likeness (QED) is 0.380. The molecule has 32 heavy (non-hydrogen) atoms. The van der Waals surface area contributed by atoms with Crippen molar-refractivity contribution in [1.29, 1.82) is 0 Å². The van der Waals surface area contributed by atoms with Crippen molar-refractivity contribution in [2.24, 2.45) is 0 Å². The molecule has 0 spiro atoms. The van der Waals surface area contributed by atoms with Gasteiger partial charge in [-0.1, -0.05) is 5.16 Å². The fourth-order valence-corrected chi connectivity index (χ4v) is 3.36. The SMILES string of the molecule is COc1ccc(-c2noc(CN(C(=O)COc3ccc(I)cc3)C(C)(C)C)n2)cc1OC. The largest absolute Gasteiger partial charge is 0.493 e. The monoisotopic (exact) mass is 551 g/mol. The smallest absolute Gasteiger partial charge is 0.261 e. The average Bonchev–Trinajstić information content (AvgIpc) is 3.24. The molecule has 0 saturated carbocycles. The average molecular weight is 551 g/mol. The van der Waals surface area contributed by atoms with Gasteiger partial charge in [-0.2, -0.15) is 4.98 Å². The number of hydrogen-bond donors (Lipinski definition) is 0. The molecular weight excluding hydrogens is 525 g/mol. The lowest BCUT2D eigenvalue weighted by molar-refractivity contribution is -0.139. The number of nitrogens with zero attached hydrogens (tertiary/aromatic N) is 3. The number of rotatable bonds is 8. The lowest BCUT2D eigenvalue weighted by Crippen LogP contribution is -2.47. The van der Waals surface area contributed by atoms with Crippen molar-refractivity contribution in [3.8, 4) is 28.6 Å². The van der Waals surface area contributed by atoms with Crippen LogP contribution in [0.1, 0.15) is 26.7 Å². The van der Waals surface area contributed by atoms with Crippen LogP contribution in [0, 0.1) is 3.57 Å². The van der Waals surface area contributed by atoms with Gasteiger partial charge < -0.3 is 23.6 Å². The third-order valence-electron chi connectivity index (χ3n) is 4.69. The van der Waals surface area contributed by atoms with E-state index in [0.717, 1.165) is 3.57 Å². The van der Waals surface area contributed by atoms with Crippen molar-refractivity contribution in [3.05, 3.63) is 51.9 Å². The standard InChI is InChI=1S/C23H26IN3O5/c1-23(2,3)27(21(28)14-31-17-9-7-16(24)8-10-17)13-20-25-22(26-32-20)15-6-11-18(29-4)19(12-15)30-5/h6-12H,13-14H2,1-5H3. The summed E-state index contributed by atoms with van der Waals surface area (Å²) >= 11 is 2.22. The molecule has 3 rings (SSSR count). The zero-order chi connectivity index (χ0) is 23.3. The van der Waals surface area contributed by atoms with Gasteiger partial charge in [0.25, 0.3) is 5.91 Å². The lowest BCUT2D eigenvalue weighted by atomic mass is 10.1. The second kappa shape index (κ2) is 10.2. The summed E-state index contributed by atoms with van der Waals surface area (Å²) in [6, 6.07) is 12.9. The summed E-state index contributed by atoms with van der Waals surface area (Å²) < 4.78 is 22.8. The van der Waals surface area contributed by atoms with E-state index in [2.05, 4.69) is 32.7 Å². The van der Waals surface area contributed by atoms with E-state index in [-0.39, 0.29) is 19.1 Å². The number of carbonyl (C=O) groups is 1. The molecule has 0 radical (unpaired) electrons. The van der Waals surface area contributed by atoms with Crippen LogP contribution in [0.25, 0.3) is 11.4 Å². The fraction of sp³-hybridized carbons (Fsp3) is 0.348. The van der Waals surface area contributed by atoms with Crippen LogP contribution < -0.4 is 14.2 Å². The highest BCUT2D eigenvalue weighted by Gasteiger charge is 2.29. The molecule has 8 nitrogen and oxygen atoms in total. The second-order valence-corrected chi connectivity index (χ2v) is 9.22. The summed E-state index contributed by atoms with van der Waals surface area (Å²) in [6.45, 7) is 5.91. The van der Waals surface area contributed by atoms with Gasteiger partial charge in [0.1, 0.15) is 12.3 Å². The predicted octanol–water partition coefficient (Wildman–Crippen LogP) is 4.56. The molecule has 170 valence electrons. The number of hydrogen-bond acceptors (Lipinski definition) is 7. The number of aromatic nitrogens is 2. The third kappa shape index (κ3) is 5.90. The maximum absolute atomic E-state index is 12.9. The van der Waals surface area contributed by atoms with Crippen LogP contribution in [0.3, 0.4) is 0 Å². The first-order valence-electron chi connectivity index (χ1n) is 9.95. The van der Waals surface area contributed by atoms with Gasteiger partial charge in [-0.25, -0.2) is 0 Å². The molecule has 0 aliphatic carbocycles. The van der Waals surface area contributed by atoms with Crippen molar-refractivity contribution in [3.63, 3.8) is 0 Å². The third-order valence-corrected chi connectivity index (χ3v) is 5.41. The van der Waals surface area contributed by atoms with Crippen LogP contribution in [0.4, 0.5) is 0 Å². The maximum atomic E-state index is 12.9. The van der Waals surface area contributed by atoms with E-state index in [1.54, 1.807) is 31.3 Å². The first-order chi connectivity index (χ1) is 15.2. The number of methoxy groups -OCH3 is 2. The van der Waals surface area contributed by atoms with Gasteiger partial charge in [-0.15, -0.1) is 0 Å². The Morgan fingerprint density at radius 3 is 2.38 bits per heavy atom. The number of carbonyl (C=O) groups excluding carboxylic acids is 1. The molecule has 1 heterocycles. The Balaban J connectivity index is 1.73. The predicted molar refractivity (Wildman–Crippen MR) is 128 cm³/mol. The molecule has 0 atom stereocenters. The first kappa shape index (κ1) is 23.8. The molecule has 0 aliphatic heterocycles. The van der Waals surface area contributed by atoms with E-state index in [1.807, 2.05) is 51.1 Å². The van der Waals surface area contributed by atoms with Crippen LogP contribution in [-0.4, -0.2) is 47.3 Å². The van der Waals surface area contributed by atoms with Gasteiger partial charge in [0.2, 0.25) is 11.7 Å². The molecule has 0 fully saturated rings. The topological polar surface area (TPSA) is 86.9 Å². The van der Waals surface area contributed by atoms with Gasteiger partial charge in [0.05, 0.1) is 14.2 Å². The van der Waals surface area contributed by atoms with Crippen molar-refractivity contribution < 1.29 is 23.5 Å². The maximum Gasteiger partial charge on any atom is 0.261 e. The molecule has 1 amide bonds. The Labute approximate surface area is 201 Å². The number of halogens is 1. The fourth-order valence-electron chi connectivity index (χ4n) is 3.00. The Bertz CT molecular complexity index is 1060. The number of amides is 1. The van der Waals surface area contributed by atoms with Gasteiger partial charge >= 0.3 is 0 Å². The molecule has 0 N–H and O–H groups in total.